The van der Waals surface area contributed by atoms with Gasteiger partial charge in [0.25, 0.3) is 0 Å². The molecule has 2 N–H and O–H groups in total. The molecule has 0 atom stereocenters. The van der Waals surface area contributed by atoms with Crippen LogP contribution in [0.4, 0.5) is 0 Å². The number of rotatable bonds is 5. The Morgan fingerprint density at radius 2 is 1.69 bits per heavy atom. The van der Waals surface area contributed by atoms with Crippen molar-refractivity contribution < 1.29 is 8.42 Å². The number of guanidine groups is 1. The van der Waals surface area contributed by atoms with Crippen LogP contribution in [0.5, 0.6) is 0 Å². The lowest BCUT2D eigenvalue weighted by molar-refractivity contribution is 0.150. The smallest absolute Gasteiger partial charge is 0.191 e. The Morgan fingerprint density at radius 1 is 1.12 bits per heavy atom. The predicted molar refractivity (Wildman–Crippen MR) is 120 cm³/mol. The molecule has 0 bridgehead atoms. The second-order valence-electron chi connectivity index (χ2n) is 8.32. The standard InChI is InChI=1S/C18H36N4O2S.HI/c1-18(2,3)25(23,24)14-11-20-17(19-4)21-15-9-12-22(13-10-15)16-7-5-6-8-16;/h15-16H,5-14H2,1-4H3,(H2,19,20,21);1H. The fraction of sp³-hybridized carbons (Fsp3) is 0.944. The van der Waals surface area contributed by atoms with Gasteiger partial charge in [-0.2, -0.15) is 0 Å². The van der Waals surface area contributed by atoms with Crippen LogP contribution in [0.2, 0.25) is 0 Å². The molecule has 6 nitrogen and oxygen atoms in total. The molecule has 26 heavy (non-hydrogen) atoms. The quantitative estimate of drug-likeness (QED) is 0.345. The number of sulfone groups is 1. The fourth-order valence-electron chi connectivity index (χ4n) is 3.68. The van der Waals surface area contributed by atoms with Crippen LogP contribution >= 0.6 is 24.0 Å². The summed E-state index contributed by atoms with van der Waals surface area (Å²) in [5, 5.41) is 6.62. The minimum atomic E-state index is -3.10. The summed E-state index contributed by atoms with van der Waals surface area (Å²) in [7, 11) is -1.37. The first-order valence-electron chi connectivity index (χ1n) is 9.66. The Kier molecular flexibility index (Phi) is 9.63. The number of nitrogens with one attached hydrogen (secondary N) is 2. The molecule has 0 amide bonds. The van der Waals surface area contributed by atoms with Crippen molar-refractivity contribution >= 4 is 39.8 Å². The maximum Gasteiger partial charge on any atom is 0.191 e. The summed E-state index contributed by atoms with van der Waals surface area (Å²) in [6, 6.07) is 1.23. The van der Waals surface area contributed by atoms with Gasteiger partial charge < -0.3 is 15.5 Å². The average molecular weight is 500 g/mol. The topological polar surface area (TPSA) is 73.8 Å². The van der Waals surface area contributed by atoms with E-state index in [-0.39, 0.29) is 29.7 Å². The summed E-state index contributed by atoms with van der Waals surface area (Å²) < 4.78 is 23.6. The highest BCUT2D eigenvalue weighted by Gasteiger charge is 2.29. The number of hydrogen-bond donors (Lipinski definition) is 2. The summed E-state index contributed by atoms with van der Waals surface area (Å²) in [4.78, 5) is 6.90. The maximum absolute atomic E-state index is 12.2. The van der Waals surface area contributed by atoms with Crippen LogP contribution in [0.25, 0.3) is 0 Å². The summed E-state index contributed by atoms with van der Waals surface area (Å²) in [5.41, 5.74) is 0. The Bertz CT molecular complexity index is 546. The third-order valence-corrected chi connectivity index (χ3v) is 8.14. The van der Waals surface area contributed by atoms with Crippen molar-refractivity contribution in [2.45, 2.75) is 76.1 Å². The van der Waals surface area contributed by atoms with E-state index < -0.39 is 14.6 Å². The highest BCUT2D eigenvalue weighted by molar-refractivity contribution is 14.0. The summed E-state index contributed by atoms with van der Waals surface area (Å²) >= 11 is 0. The lowest BCUT2D eigenvalue weighted by Crippen LogP contribution is -2.51. The lowest BCUT2D eigenvalue weighted by atomic mass is 10.0. The van der Waals surface area contributed by atoms with E-state index in [4.69, 9.17) is 0 Å². The van der Waals surface area contributed by atoms with Crippen molar-refractivity contribution in [2.75, 3.05) is 32.4 Å². The Morgan fingerprint density at radius 3 is 2.19 bits per heavy atom. The van der Waals surface area contributed by atoms with E-state index in [0.29, 0.717) is 18.5 Å². The number of likely N-dealkylation sites (tertiary alicyclic amines) is 1. The zero-order valence-corrected chi connectivity index (χ0v) is 19.9. The van der Waals surface area contributed by atoms with Gasteiger partial charge in [0.15, 0.2) is 15.8 Å². The van der Waals surface area contributed by atoms with Crippen molar-refractivity contribution in [2.24, 2.45) is 4.99 Å². The van der Waals surface area contributed by atoms with E-state index >= 15 is 0 Å². The first-order chi connectivity index (χ1) is 11.7. The van der Waals surface area contributed by atoms with Gasteiger partial charge in [-0.25, -0.2) is 8.42 Å². The fourth-order valence-corrected chi connectivity index (χ4v) is 4.66. The van der Waals surface area contributed by atoms with Crippen molar-refractivity contribution in [3.05, 3.63) is 0 Å². The number of halogens is 1. The first kappa shape index (κ1) is 23.9. The van der Waals surface area contributed by atoms with Gasteiger partial charge in [-0.05, 0) is 46.5 Å². The number of nitrogens with zero attached hydrogens (tertiary/aromatic N) is 2. The van der Waals surface area contributed by atoms with E-state index in [1.165, 1.54) is 25.7 Å². The minimum Gasteiger partial charge on any atom is -0.355 e. The van der Waals surface area contributed by atoms with Crippen LogP contribution < -0.4 is 10.6 Å². The average Bonchev–Trinajstić information content (AvgIpc) is 3.08. The van der Waals surface area contributed by atoms with Gasteiger partial charge in [0.05, 0.1) is 10.5 Å². The molecule has 154 valence electrons. The Balaban J connectivity index is 0.00000338. The van der Waals surface area contributed by atoms with Crippen LogP contribution in [0.1, 0.15) is 59.3 Å². The van der Waals surface area contributed by atoms with Crippen molar-refractivity contribution in [1.29, 1.82) is 0 Å². The highest BCUT2D eigenvalue weighted by Crippen LogP contribution is 2.26. The molecule has 1 heterocycles. The normalized spacial score (nSPS) is 21.5. The molecular formula is C18H37IN4O2S. The van der Waals surface area contributed by atoms with Gasteiger partial charge in [0.1, 0.15) is 0 Å². The third-order valence-electron chi connectivity index (χ3n) is 5.53. The molecule has 1 saturated heterocycles. The zero-order valence-electron chi connectivity index (χ0n) is 16.8. The molecule has 0 aromatic heterocycles. The monoisotopic (exact) mass is 500 g/mol. The molecule has 2 rings (SSSR count). The Hall–Kier alpha value is -0.0900. The molecule has 8 heteroatoms. The van der Waals surface area contributed by atoms with Crippen molar-refractivity contribution in [3.8, 4) is 0 Å². The minimum absolute atomic E-state index is 0. The number of aliphatic imine (C=N–C) groups is 1. The molecule has 0 aromatic carbocycles. The van der Waals surface area contributed by atoms with Gasteiger partial charge in [-0.1, -0.05) is 12.8 Å². The molecule has 1 saturated carbocycles. The molecular weight excluding hydrogens is 463 g/mol. The second kappa shape index (κ2) is 10.5. The van der Waals surface area contributed by atoms with Gasteiger partial charge in [-0.15, -0.1) is 24.0 Å². The molecule has 0 unspecified atom stereocenters. The number of piperidine rings is 1. The maximum atomic E-state index is 12.2. The lowest BCUT2D eigenvalue weighted by Gasteiger charge is -2.36. The van der Waals surface area contributed by atoms with Crippen LogP contribution in [0, 0.1) is 0 Å². The van der Waals surface area contributed by atoms with E-state index in [0.717, 1.165) is 32.0 Å². The SMILES string of the molecule is CN=C(NCCS(=O)(=O)C(C)(C)C)NC1CCN(C2CCCC2)CC1.I. The molecule has 0 aromatic rings. The van der Waals surface area contributed by atoms with Crippen LogP contribution in [-0.4, -0.2) is 68.5 Å². The largest absolute Gasteiger partial charge is 0.355 e. The molecule has 2 aliphatic rings. The van der Waals surface area contributed by atoms with Crippen LogP contribution in [-0.2, 0) is 9.84 Å². The van der Waals surface area contributed by atoms with Crippen LogP contribution in [0.3, 0.4) is 0 Å². The van der Waals surface area contributed by atoms with Crippen molar-refractivity contribution in [1.82, 2.24) is 15.5 Å². The Labute approximate surface area is 176 Å². The predicted octanol–water partition coefficient (Wildman–Crippen LogP) is 2.39. The molecule has 1 aliphatic heterocycles. The molecule has 1 aliphatic carbocycles. The molecule has 2 fully saturated rings. The molecule has 0 spiro atoms. The zero-order chi connectivity index (χ0) is 18.5. The van der Waals surface area contributed by atoms with Gasteiger partial charge >= 0.3 is 0 Å². The van der Waals surface area contributed by atoms with E-state index in [1.807, 2.05) is 0 Å². The number of hydrogen-bond acceptors (Lipinski definition) is 4. The van der Waals surface area contributed by atoms with Gasteiger partial charge in [-0.3, -0.25) is 4.99 Å². The van der Waals surface area contributed by atoms with Gasteiger partial charge in [0.2, 0.25) is 0 Å². The van der Waals surface area contributed by atoms with E-state index in [1.54, 1.807) is 27.8 Å². The third kappa shape index (κ3) is 6.82. The van der Waals surface area contributed by atoms with E-state index in [2.05, 4.69) is 20.5 Å². The molecule has 0 radical (unpaired) electrons. The van der Waals surface area contributed by atoms with E-state index in [9.17, 15) is 8.42 Å². The highest BCUT2D eigenvalue weighted by atomic mass is 127. The van der Waals surface area contributed by atoms with Gasteiger partial charge in [0, 0.05) is 38.8 Å². The van der Waals surface area contributed by atoms with Crippen molar-refractivity contribution in [3.63, 3.8) is 0 Å². The summed E-state index contributed by atoms with van der Waals surface area (Å²) in [5.74, 6) is 0.834. The summed E-state index contributed by atoms with van der Waals surface area (Å²) in [6.07, 6.45) is 7.75. The van der Waals surface area contributed by atoms with Crippen LogP contribution in [0.15, 0.2) is 4.99 Å². The summed E-state index contributed by atoms with van der Waals surface area (Å²) in [6.45, 7) is 7.92. The second-order valence-corrected chi connectivity index (χ2v) is 11.2. The first-order valence-corrected chi connectivity index (χ1v) is 11.3.